The van der Waals surface area contributed by atoms with Crippen LogP contribution in [0.3, 0.4) is 0 Å². The molecule has 6 heavy (non-hydrogen) atoms. The zero-order valence-electron chi connectivity index (χ0n) is 2.84. The molecular formula is C3H2BrCl2. The van der Waals surface area contributed by atoms with E-state index in [1.165, 1.54) is 0 Å². The lowest BCUT2D eigenvalue weighted by Gasteiger charge is -1.83. The van der Waals surface area contributed by atoms with Gasteiger partial charge in [-0.05, 0) is 0 Å². The summed E-state index contributed by atoms with van der Waals surface area (Å²) in [4.78, 5) is 0.998. The minimum Gasteiger partial charge on any atom is -0.1000 e. The fourth-order valence-electron chi connectivity index (χ4n) is 0.151. The molecule has 1 saturated carbocycles. The van der Waals surface area contributed by atoms with Gasteiger partial charge in [0.05, 0.1) is 4.83 Å². The van der Waals surface area contributed by atoms with Gasteiger partial charge in [0.2, 0.25) is 0 Å². The highest BCUT2D eigenvalue weighted by Crippen LogP contribution is 2.58. The molecule has 0 N–H and O–H groups in total. The summed E-state index contributed by atoms with van der Waals surface area (Å²) in [5, 5.41) is 0. The molecule has 0 aromatic carbocycles. The zero-order chi connectivity index (χ0) is 4.78. The summed E-state index contributed by atoms with van der Waals surface area (Å²) in [5.74, 6) is 0. The maximum absolute atomic E-state index is 5.47. The molecule has 0 unspecified atom stereocenters. The van der Waals surface area contributed by atoms with Gasteiger partial charge in [-0.1, -0.05) is 39.1 Å². The van der Waals surface area contributed by atoms with Crippen LogP contribution in [-0.4, -0.2) is 4.33 Å². The summed E-state index contributed by atoms with van der Waals surface area (Å²) in [7, 11) is 0. The van der Waals surface area contributed by atoms with E-state index in [2.05, 4.69) is 15.9 Å². The third kappa shape index (κ3) is 0.824. The van der Waals surface area contributed by atoms with E-state index in [1.54, 1.807) is 0 Å². The zero-order valence-corrected chi connectivity index (χ0v) is 5.94. The van der Waals surface area contributed by atoms with E-state index in [0.717, 1.165) is 11.2 Å². The number of alkyl halides is 2. The normalized spacial score (nSPS) is 30.5. The van der Waals surface area contributed by atoms with Crippen LogP contribution >= 0.6 is 39.1 Å². The SMILES string of the molecule is ClC1(Cl)C[C]1Br. The first kappa shape index (κ1) is 5.20. The summed E-state index contributed by atoms with van der Waals surface area (Å²) < 4.78 is -0.514. The quantitative estimate of drug-likeness (QED) is 0.513. The van der Waals surface area contributed by atoms with E-state index < -0.39 is 4.33 Å². The molecule has 0 bridgehead atoms. The first-order chi connectivity index (χ1) is 2.63. The predicted molar refractivity (Wildman–Crippen MR) is 31.2 cm³/mol. The van der Waals surface area contributed by atoms with Crippen LogP contribution in [0.5, 0.6) is 0 Å². The number of hydrogen-bond acceptors (Lipinski definition) is 0. The molecule has 0 nitrogen and oxygen atoms in total. The molecule has 3 heteroatoms. The lowest BCUT2D eigenvalue weighted by Crippen LogP contribution is -1.78. The molecule has 35 valence electrons. The minimum atomic E-state index is -0.514. The average molecular weight is 189 g/mol. The van der Waals surface area contributed by atoms with Crippen molar-refractivity contribution < 1.29 is 0 Å². The molecule has 0 aromatic heterocycles. The number of rotatable bonds is 0. The van der Waals surface area contributed by atoms with Gasteiger partial charge in [-0.2, -0.15) is 0 Å². The first-order valence-electron chi connectivity index (χ1n) is 1.52. The maximum Gasteiger partial charge on any atom is 0.136 e. The smallest absolute Gasteiger partial charge is 0.1000 e. The van der Waals surface area contributed by atoms with Crippen molar-refractivity contribution in [1.82, 2.24) is 0 Å². The van der Waals surface area contributed by atoms with Gasteiger partial charge in [0.1, 0.15) is 4.33 Å². The number of halogens is 3. The van der Waals surface area contributed by atoms with Crippen LogP contribution in [-0.2, 0) is 0 Å². The average Bonchev–Trinajstić information content (AvgIpc) is 1.73. The summed E-state index contributed by atoms with van der Waals surface area (Å²) in [6, 6.07) is 0. The van der Waals surface area contributed by atoms with Crippen molar-refractivity contribution in [3.05, 3.63) is 4.83 Å². The Balaban J connectivity index is 2.41. The van der Waals surface area contributed by atoms with Crippen LogP contribution in [0.25, 0.3) is 0 Å². The summed E-state index contributed by atoms with van der Waals surface area (Å²) in [6.45, 7) is 0. The second-order valence-corrected chi connectivity index (χ2v) is 3.73. The summed E-state index contributed by atoms with van der Waals surface area (Å²) >= 11 is 14.1. The third-order valence-electron chi connectivity index (χ3n) is 0.649. The summed E-state index contributed by atoms with van der Waals surface area (Å²) in [6.07, 6.45) is 0.802. The van der Waals surface area contributed by atoms with Crippen LogP contribution in [0, 0.1) is 4.83 Å². The van der Waals surface area contributed by atoms with Gasteiger partial charge >= 0.3 is 0 Å². The summed E-state index contributed by atoms with van der Waals surface area (Å²) in [5.41, 5.74) is 0. The Morgan fingerprint density at radius 3 is 1.83 bits per heavy atom. The molecule has 0 saturated heterocycles. The Morgan fingerprint density at radius 1 is 1.67 bits per heavy atom. The molecule has 1 aliphatic carbocycles. The molecule has 0 atom stereocenters. The Kier molecular flexibility index (Phi) is 1.10. The van der Waals surface area contributed by atoms with Crippen molar-refractivity contribution in [2.45, 2.75) is 10.8 Å². The largest absolute Gasteiger partial charge is 0.136 e. The second kappa shape index (κ2) is 1.27. The fraction of sp³-hybridized carbons (Fsp3) is 0.667. The van der Waals surface area contributed by atoms with E-state index in [9.17, 15) is 0 Å². The van der Waals surface area contributed by atoms with Gasteiger partial charge in [-0.25, -0.2) is 0 Å². The minimum absolute atomic E-state index is 0.514. The highest BCUT2D eigenvalue weighted by Gasteiger charge is 2.50. The highest BCUT2D eigenvalue weighted by atomic mass is 79.9. The molecule has 0 aromatic rings. The van der Waals surface area contributed by atoms with Crippen molar-refractivity contribution in [3.8, 4) is 0 Å². The van der Waals surface area contributed by atoms with Crippen molar-refractivity contribution in [2.24, 2.45) is 0 Å². The van der Waals surface area contributed by atoms with Crippen molar-refractivity contribution >= 4 is 39.1 Å². The highest BCUT2D eigenvalue weighted by molar-refractivity contribution is 9.11. The number of hydrogen-bond donors (Lipinski definition) is 0. The fourth-order valence-corrected chi connectivity index (χ4v) is 1.16. The van der Waals surface area contributed by atoms with Crippen LogP contribution in [0.15, 0.2) is 0 Å². The van der Waals surface area contributed by atoms with E-state index in [0.29, 0.717) is 0 Å². The van der Waals surface area contributed by atoms with Crippen LogP contribution in [0.1, 0.15) is 6.42 Å². The topological polar surface area (TPSA) is 0 Å². The van der Waals surface area contributed by atoms with Crippen molar-refractivity contribution in [3.63, 3.8) is 0 Å². The van der Waals surface area contributed by atoms with Gasteiger partial charge in [-0.3, -0.25) is 0 Å². The standard InChI is InChI=1S/C3H2BrCl2/c4-2-1-3(2,5)6/h1H2. The molecule has 0 aliphatic heterocycles. The van der Waals surface area contributed by atoms with Crippen molar-refractivity contribution in [1.29, 1.82) is 0 Å². The lowest BCUT2D eigenvalue weighted by atomic mass is 11.0. The lowest BCUT2D eigenvalue weighted by molar-refractivity contribution is 1.38. The van der Waals surface area contributed by atoms with Gasteiger partial charge in [0.15, 0.2) is 0 Å². The maximum atomic E-state index is 5.47. The molecule has 1 radical (unpaired) electrons. The Bertz CT molecular complexity index is 71.2. The first-order valence-corrected chi connectivity index (χ1v) is 3.07. The second-order valence-electron chi connectivity index (χ2n) is 1.29. The molecule has 1 fully saturated rings. The predicted octanol–water partition coefficient (Wildman–Crippen LogP) is 2.49. The molecule has 1 rings (SSSR count). The molecule has 0 heterocycles. The Labute approximate surface area is 54.9 Å². The molecular weight excluding hydrogens is 187 g/mol. The van der Waals surface area contributed by atoms with Gasteiger partial charge in [0, 0.05) is 6.42 Å². The molecule has 0 amide bonds. The van der Waals surface area contributed by atoms with E-state index >= 15 is 0 Å². The van der Waals surface area contributed by atoms with E-state index in [4.69, 9.17) is 23.2 Å². The van der Waals surface area contributed by atoms with Crippen LogP contribution in [0.4, 0.5) is 0 Å². The van der Waals surface area contributed by atoms with Crippen LogP contribution < -0.4 is 0 Å². The van der Waals surface area contributed by atoms with Crippen LogP contribution in [0.2, 0.25) is 0 Å². The van der Waals surface area contributed by atoms with Gasteiger partial charge in [-0.15, -0.1) is 0 Å². The van der Waals surface area contributed by atoms with E-state index in [1.807, 2.05) is 0 Å². The van der Waals surface area contributed by atoms with E-state index in [-0.39, 0.29) is 0 Å². The molecule has 1 aliphatic rings. The third-order valence-corrected chi connectivity index (χ3v) is 2.79. The monoisotopic (exact) mass is 187 g/mol. The van der Waals surface area contributed by atoms with Gasteiger partial charge < -0.3 is 0 Å². The Hall–Kier alpha value is 1.06. The Morgan fingerprint density at radius 2 is 1.83 bits per heavy atom. The van der Waals surface area contributed by atoms with Crippen molar-refractivity contribution in [2.75, 3.05) is 0 Å². The molecule has 0 spiro atoms. The van der Waals surface area contributed by atoms with Gasteiger partial charge in [0.25, 0.3) is 0 Å².